The number of esters is 1. The molecule has 0 fully saturated rings. The van der Waals surface area contributed by atoms with E-state index in [-0.39, 0.29) is 5.97 Å². The summed E-state index contributed by atoms with van der Waals surface area (Å²) in [5.74, 6) is 0.00990. The third kappa shape index (κ3) is 33.4. The van der Waals surface area contributed by atoms with Crippen molar-refractivity contribution in [3.8, 4) is 0 Å². The predicted molar refractivity (Wildman–Crippen MR) is 165 cm³/mol. The van der Waals surface area contributed by atoms with Crippen molar-refractivity contribution in [2.24, 2.45) is 0 Å². The van der Waals surface area contributed by atoms with E-state index in [9.17, 15) is 4.79 Å². The van der Waals surface area contributed by atoms with Gasteiger partial charge in [-0.1, -0.05) is 194 Å². The van der Waals surface area contributed by atoms with Gasteiger partial charge in [0.15, 0.2) is 0 Å². The molecule has 0 heterocycles. The molecule has 0 aromatic rings. The van der Waals surface area contributed by atoms with Gasteiger partial charge in [0.05, 0.1) is 6.61 Å². The van der Waals surface area contributed by atoms with Crippen molar-refractivity contribution in [1.29, 1.82) is 0 Å². The molecule has 0 radical (unpaired) electrons. The molecule has 37 heavy (non-hydrogen) atoms. The lowest BCUT2D eigenvalue weighted by atomic mass is 10.0. The molecule has 0 atom stereocenters. The fraction of sp³-hybridized carbons (Fsp3) is 0.971. The summed E-state index contributed by atoms with van der Waals surface area (Å²) >= 11 is 0. The molecule has 0 saturated heterocycles. The van der Waals surface area contributed by atoms with Crippen LogP contribution in [0, 0.1) is 0 Å². The van der Waals surface area contributed by atoms with Gasteiger partial charge in [-0.25, -0.2) is 0 Å². The number of ether oxygens (including phenoxy) is 1. The lowest BCUT2D eigenvalue weighted by Gasteiger charge is -2.05. The first-order chi connectivity index (χ1) is 18.3. The summed E-state index contributed by atoms with van der Waals surface area (Å²) in [6.07, 6.45) is 42.1. The molecule has 2 nitrogen and oxygen atoms in total. The first kappa shape index (κ1) is 36.5. The number of carbonyl (C=O) groups excluding carboxylic acids is 1. The van der Waals surface area contributed by atoms with Crippen LogP contribution in [0.5, 0.6) is 0 Å². The molecule has 0 aliphatic carbocycles. The number of hydrogen-bond acceptors (Lipinski definition) is 2. The van der Waals surface area contributed by atoms with Gasteiger partial charge in [-0.2, -0.15) is 0 Å². The van der Waals surface area contributed by atoms with E-state index in [2.05, 4.69) is 13.8 Å². The normalized spacial score (nSPS) is 11.3. The molecule has 0 amide bonds. The van der Waals surface area contributed by atoms with Crippen molar-refractivity contribution in [3.05, 3.63) is 0 Å². The summed E-state index contributed by atoms with van der Waals surface area (Å²) in [5.41, 5.74) is 0. The van der Waals surface area contributed by atoms with Gasteiger partial charge in [0, 0.05) is 6.42 Å². The Morgan fingerprint density at radius 3 is 0.892 bits per heavy atom. The second-order valence-corrected chi connectivity index (χ2v) is 11.9. The minimum atomic E-state index is 0.00990. The van der Waals surface area contributed by atoms with Crippen LogP contribution < -0.4 is 0 Å². The Kier molecular flexibility index (Phi) is 33.0. The Balaban J connectivity index is 3.07. The first-order valence-corrected chi connectivity index (χ1v) is 17.5. The summed E-state index contributed by atoms with van der Waals surface area (Å²) in [6, 6.07) is 0. The molecule has 0 rings (SSSR count). The molecular formula is C35H70O2. The Morgan fingerprint density at radius 2 is 0.595 bits per heavy atom. The highest BCUT2D eigenvalue weighted by Gasteiger charge is 2.02. The maximum absolute atomic E-state index is 11.6. The second-order valence-electron chi connectivity index (χ2n) is 11.9. The molecular weight excluding hydrogens is 452 g/mol. The fourth-order valence-corrected chi connectivity index (χ4v) is 5.37. The molecule has 0 unspecified atom stereocenters. The minimum Gasteiger partial charge on any atom is -0.466 e. The van der Waals surface area contributed by atoms with Crippen LogP contribution in [0.25, 0.3) is 0 Å². The van der Waals surface area contributed by atoms with Gasteiger partial charge in [-0.3, -0.25) is 4.79 Å². The average Bonchev–Trinajstić information content (AvgIpc) is 2.90. The van der Waals surface area contributed by atoms with Crippen LogP contribution in [0.1, 0.15) is 213 Å². The van der Waals surface area contributed by atoms with E-state index in [1.54, 1.807) is 0 Å². The summed E-state index contributed by atoms with van der Waals surface area (Å²) in [4.78, 5) is 11.6. The highest BCUT2D eigenvalue weighted by molar-refractivity contribution is 5.69. The van der Waals surface area contributed by atoms with Crippen molar-refractivity contribution < 1.29 is 9.53 Å². The molecule has 0 saturated carbocycles. The zero-order valence-corrected chi connectivity index (χ0v) is 25.9. The van der Waals surface area contributed by atoms with E-state index < -0.39 is 0 Å². The zero-order chi connectivity index (χ0) is 26.9. The molecule has 0 N–H and O–H groups in total. The average molecular weight is 523 g/mol. The van der Waals surface area contributed by atoms with Crippen molar-refractivity contribution in [2.75, 3.05) is 6.61 Å². The quantitative estimate of drug-likeness (QED) is 0.0648. The van der Waals surface area contributed by atoms with Crippen LogP contribution in [0.15, 0.2) is 0 Å². The van der Waals surface area contributed by atoms with Gasteiger partial charge in [0.1, 0.15) is 0 Å². The van der Waals surface area contributed by atoms with Crippen LogP contribution in [-0.2, 0) is 9.53 Å². The van der Waals surface area contributed by atoms with E-state index in [1.165, 1.54) is 173 Å². The van der Waals surface area contributed by atoms with E-state index >= 15 is 0 Å². The topological polar surface area (TPSA) is 26.3 Å². The van der Waals surface area contributed by atoms with E-state index in [4.69, 9.17) is 4.74 Å². The van der Waals surface area contributed by atoms with Gasteiger partial charge in [0.2, 0.25) is 0 Å². The molecule has 0 bridgehead atoms. The van der Waals surface area contributed by atoms with Crippen LogP contribution in [0.2, 0.25) is 0 Å². The van der Waals surface area contributed by atoms with Gasteiger partial charge >= 0.3 is 5.97 Å². The third-order valence-electron chi connectivity index (χ3n) is 8.00. The Bertz CT molecular complexity index is 419. The molecule has 0 aromatic carbocycles. The molecule has 2 heteroatoms. The summed E-state index contributed by atoms with van der Waals surface area (Å²) in [6.45, 7) is 5.13. The number of unbranched alkanes of at least 4 members (excludes halogenated alkanes) is 28. The number of rotatable bonds is 32. The largest absolute Gasteiger partial charge is 0.466 e. The van der Waals surface area contributed by atoms with Crippen molar-refractivity contribution in [2.45, 2.75) is 213 Å². The Labute approximate surface area is 234 Å². The second kappa shape index (κ2) is 33.5. The van der Waals surface area contributed by atoms with Crippen LogP contribution in [-0.4, -0.2) is 12.6 Å². The lowest BCUT2D eigenvalue weighted by Crippen LogP contribution is -2.05. The van der Waals surface area contributed by atoms with Crippen LogP contribution in [0.4, 0.5) is 0 Å². The third-order valence-corrected chi connectivity index (χ3v) is 8.00. The number of carbonyl (C=O) groups is 1. The fourth-order valence-electron chi connectivity index (χ4n) is 5.37. The lowest BCUT2D eigenvalue weighted by molar-refractivity contribution is -0.143. The highest BCUT2D eigenvalue weighted by atomic mass is 16.5. The van der Waals surface area contributed by atoms with E-state index in [1.807, 2.05) is 0 Å². The Hall–Kier alpha value is -0.530. The smallest absolute Gasteiger partial charge is 0.305 e. The molecule has 0 aliphatic rings. The van der Waals surface area contributed by atoms with Gasteiger partial charge in [0.25, 0.3) is 0 Å². The number of hydrogen-bond donors (Lipinski definition) is 0. The first-order valence-electron chi connectivity index (χ1n) is 17.5. The van der Waals surface area contributed by atoms with E-state index in [0.717, 1.165) is 19.3 Å². The van der Waals surface area contributed by atoms with E-state index in [0.29, 0.717) is 13.0 Å². The molecule has 0 aromatic heterocycles. The molecule has 0 aliphatic heterocycles. The van der Waals surface area contributed by atoms with Gasteiger partial charge in [-0.05, 0) is 12.8 Å². The monoisotopic (exact) mass is 523 g/mol. The standard InChI is InChI=1S/C35H70O2/c1-3-5-7-9-10-11-12-13-14-15-16-17-18-19-20-21-22-23-24-25-26-27-28-29-30-32-34-37-35(36)33-31-8-6-4-2/h3-34H2,1-2H3. The molecule has 222 valence electrons. The predicted octanol–water partition coefficient (Wildman–Crippen LogP) is 12.7. The maximum Gasteiger partial charge on any atom is 0.305 e. The van der Waals surface area contributed by atoms with Gasteiger partial charge in [-0.15, -0.1) is 0 Å². The molecule has 0 spiro atoms. The summed E-state index contributed by atoms with van der Waals surface area (Å²) < 4.78 is 5.34. The summed E-state index contributed by atoms with van der Waals surface area (Å²) in [5, 5.41) is 0. The summed E-state index contributed by atoms with van der Waals surface area (Å²) in [7, 11) is 0. The minimum absolute atomic E-state index is 0.00990. The van der Waals surface area contributed by atoms with Crippen LogP contribution >= 0.6 is 0 Å². The zero-order valence-electron chi connectivity index (χ0n) is 25.9. The maximum atomic E-state index is 11.6. The van der Waals surface area contributed by atoms with Crippen molar-refractivity contribution >= 4 is 5.97 Å². The van der Waals surface area contributed by atoms with Crippen LogP contribution in [0.3, 0.4) is 0 Å². The van der Waals surface area contributed by atoms with Crippen molar-refractivity contribution in [1.82, 2.24) is 0 Å². The SMILES string of the molecule is CCCCCCCCCCCCCCCCCCCCCCCCCCCCOC(=O)CCCCCC. The van der Waals surface area contributed by atoms with Crippen molar-refractivity contribution in [3.63, 3.8) is 0 Å². The van der Waals surface area contributed by atoms with Gasteiger partial charge < -0.3 is 4.74 Å². The highest BCUT2D eigenvalue weighted by Crippen LogP contribution is 2.16. The Morgan fingerprint density at radius 1 is 0.351 bits per heavy atom.